The lowest BCUT2D eigenvalue weighted by atomic mass is 9.89. The first-order chi connectivity index (χ1) is 8.71. The zero-order valence-corrected chi connectivity index (χ0v) is 13.6. The number of hydrogen-bond donors (Lipinski definition) is 1. The molecule has 1 aromatic heterocycles. The molecule has 0 saturated heterocycles. The van der Waals surface area contributed by atoms with Crippen LogP contribution in [0.15, 0.2) is 6.20 Å². The van der Waals surface area contributed by atoms with E-state index in [0.29, 0.717) is 6.04 Å². The fourth-order valence-electron chi connectivity index (χ4n) is 2.04. The van der Waals surface area contributed by atoms with Crippen LogP contribution in [0.1, 0.15) is 45.9 Å². The molecule has 0 fully saturated rings. The second kappa shape index (κ2) is 6.53. The monoisotopic (exact) mass is 266 g/mol. The maximum absolute atomic E-state index is 4.59. The molecule has 0 bridgehead atoms. The van der Waals surface area contributed by atoms with Gasteiger partial charge in [0, 0.05) is 49.9 Å². The molecule has 0 aliphatic rings. The van der Waals surface area contributed by atoms with Gasteiger partial charge in [-0.25, -0.2) is 0 Å². The lowest BCUT2D eigenvalue weighted by molar-refractivity contribution is 0.273. The van der Waals surface area contributed by atoms with Crippen LogP contribution in [0.3, 0.4) is 0 Å². The highest BCUT2D eigenvalue weighted by molar-refractivity contribution is 5.23. The largest absolute Gasteiger partial charge is 0.311 e. The zero-order valence-electron chi connectivity index (χ0n) is 13.6. The molecule has 0 aliphatic carbocycles. The van der Waals surface area contributed by atoms with Gasteiger partial charge in [0.25, 0.3) is 0 Å². The topological polar surface area (TPSA) is 33.1 Å². The number of aryl methyl sites for hydroxylation is 1. The molecule has 4 heteroatoms. The van der Waals surface area contributed by atoms with Crippen molar-refractivity contribution in [2.75, 3.05) is 20.1 Å². The zero-order chi connectivity index (χ0) is 14.6. The maximum atomic E-state index is 4.59. The summed E-state index contributed by atoms with van der Waals surface area (Å²) in [5.41, 5.74) is 2.61. The van der Waals surface area contributed by atoms with Crippen molar-refractivity contribution in [2.45, 2.75) is 52.6 Å². The van der Waals surface area contributed by atoms with Gasteiger partial charge in [-0.05, 0) is 20.9 Å². The van der Waals surface area contributed by atoms with Crippen molar-refractivity contribution in [1.29, 1.82) is 0 Å². The van der Waals surface area contributed by atoms with Crippen molar-refractivity contribution in [1.82, 2.24) is 20.0 Å². The number of nitrogens with zero attached hydrogens (tertiary/aromatic N) is 3. The molecule has 0 radical (unpaired) electrons. The highest BCUT2D eigenvalue weighted by Crippen LogP contribution is 2.23. The van der Waals surface area contributed by atoms with Gasteiger partial charge in [0.2, 0.25) is 0 Å². The predicted octanol–water partition coefficient (Wildman–Crippen LogP) is 2.15. The predicted molar refractivity (Wildman–Crippen MR) is 81.4 cm³/mol. The summed E-state index contributed by atoms with van der Waals surface area (Å²) in [5, 5.41) is 8.11. The fraction of sp³-hybridized carbons (Fsp3) is 0.800. The van der Waals surface area contributed by atoms with Gasteiger partial charge in [-0.15, -0.1) is 0 Å². The number of aromatic nitrogens is 2. The highest BCUT2D eigenvalue weighted by Gasteiger charge is 2.21. The summed E-state index contributed by atoms with van der Waals surface area (Å²) in [5.74, 6) is 0. The minimum Gasteiger partial charge on any atom is -0.311 e. The highest BCUT2D eigenvalue weighted by atomic mass is 15.3. The molecule has 0 aromatic carbocycles. The number of nitrogens with one attached hydrogen (secondary N) is 1. The van der Waals surface area contributed by atoms with Crippen molar-refractivity contribution in [3.63, 3.8) is 0 Å². The lowest BCUT2D eigenvalue weighted by Crippen LogP contribution is -2.33. The molecular formula is C15H30N4. The molecule has 0 aliphatic heterocycles. The van der Waals surface area contributed by atoms with Crippen LogP contribution >= 0.6 is 0 Å². The van der Waals surface area contributed by atoms with Crippen molar-refractivity contribution >= 4 is 0 Å². The molecule has 19 heavy (non-hydrogen) atoms. The van der Waals surface area contributed by atoms with Gasteiger partial charge >= 0.3 is 0 Å². The summed E-state index contributed by atoms with van der Waals surface area (Å²) in [6, 6.07) is 0.602. The molecule has 4 nitrogen and oxygen atoms in total. The maximum Gasteiger partial charge on any atom is 0.0722 e. The van der Waals surface area contributed by atoms with E-state index in [4.69, 9.17) is 0 Å². The minimum absolute atomic E-state index is 0.104. The van der Waals surface area contributed by atoms with E-state index in [1.807, 2.05) is 11.7 Å². The Kier molecular flexibility index (Phi) is 5.56. The Bertz CT molecular complexity index is 387. The summed E-state index contributed by atoms with van der Waals surface area (Å²) >= 11 is 0. The molecule has 0 unspecified atom stereocenters. The summed E-state index contributed by atoms with van der Waals surface area (Å²) < 4.78 is 1.91. The first-order valence-corrected chi connectivity index (χ1v) is 7.15. The van der Waals surface area contributed by atoms with Gasteiger partial charge in [-0.3, -0.25) is 4.68 Å². The number of likely N-dealkylation sites (N-methyl/N-ethyl adjacent to an activating group) is 1. The number of hydrogen-bond acceptors (Lipinski definition) is 3. The third-order valence-corrected chi connectivity index (χ3v) is 3.45. The van der Waals surface area contributed by atoms with Gasteiger partial charge in [0.05, 0.1) is 5.69 Å². The summed E-state index contributed by atoms with van der Waals surface area (Å²) in [6.45, 7) is 14.1. The summed E-state index contributed by atoms with van der Waals surface area (Å²) in [4.78, 5) is 2.35. The van der Waals surface area contributed by atoms with E-state index in [9.17, 15) is 0 Å². The first-order valence-electron chi connectivity index (χ1n) is 7.15. The van der Waals surface area contributed by atoms with Gasteiger partial charge in [-0.1, -0.05) is 20.8 Å². The van der Waals surface area contributed by atoms with E-state index >= 15 is 0 Å². The minimum atomic E-state index is 0.104. The smallest absolute Gasteiger partial charge is 0.0722 e. The average molecular weight is 266 g/mol. The Hall–Kier alpha value is -0.870. The van der Waals surface area contributed by atoms with E-state index in [-0.39, 0.29) is 5.41 Å². The summed E-state index contributed by atoms with van der Waals surface area (Å²) in [6.07, 6.45) is 2.12. The second-order valence-electron chi connectivity index (χ2n) is 6.68. The third kappa shape index (κ3) is 4.96. The normalized spacial score (nSPS) is 12.7. The van der Waals surface area contributed by atoms with Gasteiger partial charge < -0.3 is 10.2 Å². The van der Waals surface area contributed by atoms with Crippen LogP contribution in [0.25, 0.3) is 0 Å². The molecule has 0 spiro atoms. The van der Waals surface area contributed by atoms with E-state index in [1.165, 1.54) is 11.3 Å². The van der Waals surface area contributed by atoms with Crippen molar-refractivity contribution in [3.05, 3.63) is 17.5 Å². The molecule has 0 atom stereocenters. The van der Waals surface area contributed by atoms with Crippen LogP contribution in [-0.4, -0.2) is 40.9 Å². The Morgan fingerprint density at radius 1 is 1.37 bits per heavy atom. The van der Waals surface area contributed by atoms with Crippen molar-refractivity contribution < 1.29 is 0 Å². The molecule has 1 aromatic rings. The summed E-state index contributed by atoms with van der Waals surface area (Å²) in [7, 11) is 4.16. The molecule has 0 saturated carbocycles. The number of rotatable bonds is 6. The molecule has 110 valence electrons. The first kappa shape index (κ1) is 16.2. The Labute approximate surface area is 118 Å². The van der Waals surface area contributed by atoms with E-state index in [0.717, 1.165) is 19.6 Å². The second-order valence-corrected chi connectivity index (χ2v) is 6.68. The van der Waals surface area contributed by atoms with Crippen LogP contribution in [0, 0.1) is 0 Å². The standard InChI is InChI=1S/C15H30N4/c1-12(2)18(6)9-8-16-10-13-11-19(7)17-14(13)15(3,4)5/h11-12,16H,8-10H2,1-7H3. The van der Waals surface area contributed by atoms with Crippen molar-refractivity contribution in [2.24, 2.45) is 7.05 Å². The Morgan fingerprint density at radius 2 is 2.00 bits per heavy atom. The van der Waals surface area contributed by atoms with Gasteiger partial charge in [0.15, 0.2) is 0 Å². The van der Waals surface area contributed by atoms with Gasteiger partial charge in [0.1, 0.15) is 0 Å². The van der Waals surface area contributed by atoms with Crippen LogP contribution in [0.5, 0.6) is 0 Å². The Morgan fingerprint density at radius 3 is 2.53 bits per heavy atom. The van der Waals surface area contributed by atoms with Crippen LogP contribution < -0.4 is 5.32 Å². The molecule has 1 heterocycles. The average Bonchev–Trinajstić information content (AvgIpc) is 2.65. The van der Waals surface area contributed by atoms with E-state index < -0.39 is 0 Å². The van der Waals surface area contributed by atoms with E-state index in [2.05, 4.69) is 63.2 Å². The Balaban J connectivity index is 2.50. The van der Waals surface area contributed by atoms with Gasteiger partial charge in [-0.2, -0.15) is 5.10 Å². The van der Waals surface area contributed by atoms with Crippen LogP contribution in [0.4, 0.5) is 0 Å². The van der Waals surface area contributed by atoms with Crippen LogP contribution in [-0.2, 0) is 19.0 Å². The third-order valence-electron chi connectivity index (χ3n) is 3.45. The quantitative estimate of drug-likeness (QED) is 0.801. The molecule has 0 amide bonds. The van der Waals surface area contributed by atoms with Crippen molar-refractivity contribution in [3.8, 4) is 0 Å². The van der Waals surface area contributed by atoms with Crippen LogP contribution in [0.2, 0.25) is 0 Å². The molecule has 1 rings (SSSR count). The SMILES string of the molecule is CC(C)N(C)CCNCc1cn(C)nc1C(C)(C)C. The fourth-order valence-corrected chi connectivity index (χ4v) is 2.04. The molecular weight excluding hydrogens is 236 g/mol. The lowest BCUT2D eigenvalue weighted by Gasteiger charge is -2.21. The van der Waals surface area contributed by atoms with E-state index in [1.54, 1.807) is 0 Å². The molecule has 1 N–H and O–H groups in total.